The Hall–Kier alpha value is -2.14. The number of benzene rings is 1. The van der Waals surface area contributed by atoms with Crippen LogP contribution in [0, 0.1) is 0 Å². The highest BCUT2D eigenvalue weighted by atomic mass is 35.5. The molecule has 0 fully saturated rings. The topological polar surface area (TPSA) is 64.1 Å². The zero-order valence-electron chi connectivity index (χ0n) is 9.55. The fraction of sp³-hybridized carbons (Fsp3) is 0.0833. The van der Waals surface area contributed by atoms with E-state index in [1.165, 1.54) is 12.4 Å². The minimum Gasteiger partial charge on any atom is -0.497 e. The number of nitrogens with one attached hydrogen (secondary N) is 1. The number of hydrogen-bond acceptors (Lipinski definition) is 4. The standard InChI is InChI=1S/C12H10ClN3O2/c1-18-9-4-2-3-8(5-9)12(17)16-11-7-14-6-10(13)15-11/h2-7H,1H3,(H,15,16,17). The largest absolute Gasteiger partial charge is 0.497 e. The second-order valence-electron chi connectivity index (χ2n) is 3.41. The minimum atomic E-state index is -0.300. The van der Waals surface area contributed by atoms with Crippen LogP contribution in [0.2, 0.25) is 5.15 Å². The molecule has 1 aromatic heterocycles. The molecular weight excluding hydrogens is 254 g/mol. The molecule has 1 heterocycles. The average molecular weight is 264 g/mol. The Labute approximate surface area is 109 Å². The highest BCUT2D eigenvalue weighted by Gasteiger charge is 2.08. The Balaban J connectivity index is 2.16. The van der Waals surface area contributed by atoms with Gasteiger partial charge in [-0.25, -0.2) is 4.98 Å². The predicted octanol–water partition coefficient (Wildman–Crippen LogP) is 2.39. The van der Waals surface area contributed by atoms with Crippen molar-refractivity contribution in [2.75, 3.05) is 12.4 Å². The van der Waals surface area contributed by atoms with Gasteiger partial charge in [0.15, 0.2) is 5.82 Å². The van der Waals surface area contributed by atoms with E-state index in [9.17, 15) is 4.79 Å². The zero-order valence-corrected chi connectivity index (χ0v) is 10.3. The monoisotopic (exact) mass is 263 g/mol. The van der Waals surface area contributed by atoms with Crippen LogP contribution in [-0.4, -0.2) is 23.0 Å². The van der Waals surface area contributed by atoms with E-state index in [4.69, 9.17) is 16.3 Å². The van der Waals surface area contributed by atoms with Gasteiger partial charge in [0.2, 0.25) is 0 Å². The van der Waals surface area contributed by atoms with Crippen molar-refractivity contribution < 1.29 is 9.53 Å². The summed E-state index contributed by atoms with van der Waals surface area (Å²) in [5, 5.41) is 2.82. The molecule has 0 bridgehead atoms. The Bertz CT molecular complexity index is 575. The molecule has 0 aliphatic carbocycles. The second-order valence-corrected chi connectivity index (χ2v) is 3.80. The van der Waals surface area contributed by atoms with Crippen LogP contribution in [0.15, 0.2) is 36.7 Å². The number of amides is 1. The quantitative estimate of drug-likeness (QED) is 0.923. The van der Waals surface area contributed by atoms with Gasteiger partial charge in [0.25, 0.3) is 5.91 Å². The molecule has 0 spiro atoms. The van der Waals surface area contributed by atoms with Crippen molar-refractivity contribution in [3.8, 4) is 5.75 Å². The summed E-state index contributed by atoms with van der Waals surface area (Å²) in [6.07, 6.45) is 2.81. The molecule has 0 aliphatic heterocycles. The van der Waals surface area contributed by atoms with Crippen LogP contribution in [-0.2, 0) is 0 Å². The van der Waals surface area contributed by atoms with E-state index in [-0.39, 0.29) is 11.1 Å². The number of ether oxygens (including phenoxy) is 1. The second kappa shape index (κ2) is 5.46. The molecular formula is C12H10ClN3O2. The van der Waals surface area contributed by atoms with Crippen LogP contribution in [0.4, 0.5) is 5.82 Å². The van der Waals surface area contributed by atoms with Gasteiger partial charge in [0.1, 0.15) is 10.9 Å². The summed E-state index contributed by atoms with van der Waals surface area (Å²) < 4.78 is 5.05. The molecule has 2 rings (SSSR count). The van der Waals surface area contributed by atoms with E-state index >= 15 is 0 Å². The third-order valence-electron chi connectivity index (χ3n) is 2.18. The number of aromatic nitrogens is 2. The lowest BCUT2D eigenvalue weighted by atomic mass is 10.2. The molecule has 1 aromatic carbocycles. The molecule has 2 aromatic rings. The van der Waals surface area contributed by atoms with Crippen LogP contribution in [0.1, 0.15) is 10.4 Å². The van der Waals surface area contributed by atoms with E-state index < -0.39 is 0 Å². The highest BCUT2D eigenvalue weighted by molar-refractivity contribution is 6.29. The summed E-state index contributed by atoms with van der Waals surface area (Å²) in [6, 6.07) is 6.80. The molecule has 0 unspecified atom stereocenters. The van der Waals surface area contributed by atoms with E-state index in [1.807, 2.05) is 0 Å². The first-order valence-electron chi connectivity index (χ1n) is 5.12. The van der Waals surface area contributed by atoms with E-state index in [0.29, 0.717) is 17.1 Å². The number of halogens is 1. The van der Waals surface area contributed by atoms with Crippen molar-refractivity contribution in [3.63, 3.8) is 0 Å². The van der Waals surface area contributed by atoms with Crippen LogP contribution >= 0.6 is 11.6 Å². The fourth-order valence-electron chi connectivity index (χ4n) is 1.36. The zero-order chi connectivity index (χ0) is 13.0. The SMILES string of the molecule is COc1cccc(C(=O)Nc2cncc(Cl)n2)c1. The maximum absolute atomic E-state index is 11.9. The Morgan fingerprint density at radius 3 is 2.94 bits per heavy atom. The Morgan fingerprint density at radius 1 is 1.39 bits per heavy atom. The third-order valence-corrected chi connectivity index (χ3v) is 2.36. The Kier molecular flexibility index (Phi) is 3.74. The maximum Gasteiger partial charge on any atom is 0.256 e. The van der Waals surface area contributed by atoms with Gasteiger partial charge in [0.05, 0.1) is 19.5 Å². The lowest BCUT2D eigenvalue weighted by molar-refractivity contribution is 0.102. The van der Waals surface area contributed by atoms with Gasteiger partial charge >= 0.3 is 0 Å². The lowest BCUT2D eigenvalue weighted by Crippen LogP contribution is -2.13. The van der Waals surface area contributed by atoms with Crippen molar-refractivity contribution in [1.29, 1.82) is 0 Å². The third kappa shape index (κ3) is 2.95. The fourth-order valence-corrected chi connectivity index (χ4v) is 1.50. The van der Waals surface area contributed by atoms with Crippen LogP contribution in [0.3, 0.4) is 0 Å². The molecule has 0 aliphatic rings. The van der Waals surface area contributed by atoms with Crippen molar-refractivity contribution in [3.05, 3.63) is 47.4 Å². The average Bonchev–Trinajstić information content (AvgIpc) is 2.39. The van der Waals surface area contributed by atoms with E-state index in [1.54, 1.807) is 31.4 Å². The van der Waals surface area contributed by atoms with Crippen LogP contribution < -0.4 is 10.1 Å². The summed E-state index contributed by atoms with van der Waals surface area (Å²) in [5.74, 6) is 0.612. The first-order chi connectivity index (χ1) is 8.69. The number of carbonyl (C=O) groups is 1. The maximum atomic E-state index is 11.9. The molecule has 18 heavy (non-hydrogen) atoms. The molecule has 1 amide bonds. The van der Waals surface area contributed by atoms with Gasteiger partial charge in [-0.15, -0.1) is 0 Å². The normalized spacial score (nSPS) is 9.89. The number of hydrogen-bond donors (Lipinski definition) is 1. The molecule has 6 heteroatoms. The van der Waals surface area contributed by atoms with E-state index in [0.717, 1.165) is 0 Å². The summed E-state index contributed by atoms with van der Waals surface area (Å²) >= 11 is 5.68. The van der Waals surface area contributed by atoms with Crippen molar-refractivity contribution in [2.45, 2.75) is 0 Å². The molecule has 5 nitrogen and oxygen atoms in total. The summed E-state index contributed by atoms with van der Waals surface area (Å²) in [6.45, 7) is 0. The van der Waals surface area contributed by atoms with Crippen LogP contribution in [0.25, 0.3) is 0 Å². The van der Waals surface area contributed by atoms with Crippen molar-refractivity contribution >= 4 is 23.3 Å². The number of rotatable bonds is 3. The summed E-state index contributed by atoms with van der Waals surface area (Å²) in [7, 11) is 1.54. The molecule has 0 atom stereocenters. The number of methoxy groups -OCH3 is 1. The Morgan fingerprint density at radius 2 is 2.22 bits per heavy atom. The molecule has 1 N–H and O–H groups in total. The number of carbonyl (C=O) groups excluding carboxylic acids is 1. The number of anilines is 1. The van der Waals surface area contributed by atoms with Gasteiger partial charge in [-0.05, 0) is 18.2 Å². The smallest absolute Gasteiger partial charge is 0.256 e. The van der Waals surface area contributed by atoms with Gasteiger partial charge in [0, 0.05) is 5.56 Å². The summed E-state index contributed by atoms with van der Waals surface area (Å²) in [5.41, 5.74) is 0.469. The molecule has 0 saturated heterocycles. The van der Waals surface area contributed by atoms with Gasteiger partial charge < -0.3 is 10.1 Å². The first-order valence-corrected chi connectivity index (χ1v) is 5.50. The highest BCUT2D eigenvalue weighted by Crippen LogP contribution is 2.14. The molecule has 92 valence electrons. The number of nitrogens with zero attached hydrogens (tertiary/aromatic N) is 2. The lowest BCUT2D eigenvalue weighted by Gasteiger charge is -2.05. The van der Waals surface area contributed by atoms with Crippen LogP contribution in [0.5, 0.6) is 5.75 Å². The van der Waals surface area contributed by atoms with Crippen molar-refractivity contribution in [2.24, 2.45) is 0 Å². The molecule has 0 radical (unpaired) electrons. The van der Waals surface area contributed by atoms with Gasteiger partial charge in [-0.1, -0.05) is 17.7 Å². The molecule has 0 saturated carbocycles. The van der Waals surface area contributed by atoms with Crippen molar-refractivity contribution in [1.82, 2.24) is 9.97 Å². The minimum absolute atomic E-state index is 0.221. The predicted molar refractivity (Wildman–Crippen MR) is 68.0 cm³/mol. The first kappa shape index (κ1) is 12.3. The van der Waals surface area contributed by atoms with E-state index in [2.05, 4.69) is 15.3 Å². The summed E-state index contributed by atoms with van der Waals surface area (Å²) in [4.78, 5) is 19.7. The van der Waals surface area contributed by atoms with Gasteiger partial charge in [-0.2, -0.15) is 0 Å². The van der Waals surface area contributed by atoms with Gasteiger partial charge in [-0.3, -0.25) is 9.78 Å².